The molecule has 1 aromatic carbocycles. The lowest BCUT2D eigenvalue weighted by Crippen LogP contribution is -2.47. The van der Waals surface area contributed by atoms with Gasteiger partial charge in [-0.25, -0.2) is 4.79 Å². The van der Waals surface area contributed by atoms with Crippen molar-refractivity contribution in [3.63, 3.8) is 0 Å². The van der Waals surface area contributed by atoms with Crippen LogP contribution in [0, 0.1) is 0 Å². The first-order valence-electron chi connectivity index (χ1n) is 6.40. The number of carboxylic acid groups (broad SMARTS) is 1. The van der Waals surface area contributed by atoms with E-state index in [1.54, 1.807) is 12.1 Å². The maximum absolute atomic E-state index is 11.2. The van der Waals surface area contributed by atoms with Crippen LogP contribution in [0.1, 0.15) is 22.8 Å². The van der Waals surface area contributed by atoms with Gasteiger partial charge in [-0.15, -0.1) is 0 Å². The number of nitrogens with zero attached hydrogens (tertiary/aromatic N) is 1. The molecule has 1 heterocycles. The Labute approximate surface area is 112 Å². The van der Waals surface area contributed by atoms with Crippen LogP contribution >= 0.6 is 0 Å². The molecule has 104 valence electrons. The lowest BCUT2D eigenvalue weighted by molar-refractivity contribution is -0.0972. The number of carboxylic acids is 1. The van der Waals surface area contributed by atoms with Crippen molar-refractivity contribution in [3.05, 3.63) is 35.4 Å². The van der Waals surface area contributed by atoms with Crippen molar-refractivity contribution in [1.82, 2.24) is 4.90 Å². The zero-order chi connectivity index (χ0) is 13.8. The molecule has 2 N–H and O–H groups in total. The minimum absolute atomic E-state index is 0.0125. The summed E-state index contributed by atoms with van der Waals surface area (Å²) in [6, 6.07) is 7.02. The predicted octanol–water partition coefficient (Wildman–Crippen LogP) is 0.966. The van der Waals surface area contributed by atoms with Gasteiger partial charge in [0.05, 0.1) is 24.4 Å². The molecule has 0 aliphatic carbocycles. The summed E-state index contributed by atoms with van der Waals surface area (Å²) in [6.07, 6.45) is -0.149. The molecule has 0 bridgehead atoms. The second kappa shape index (κ2) is 6.14. The first-order valence-corrected chi connectivity index (χ1v) is 6.40. The molecule has 1 aromatic rings. The molecular weight excluding hydrogens is 246 g/mol. The summed E-state index contributed by atoms with van der Waals surface area (Å²) in [5.41, 5.74) is 1.13. The van der Waals surface area contributed by atoms with Crippen LogP contribution in [0.15, 0.2) is 24.3 Å². The van der Waals surface area contributed by atoms with Gasteiger partial charge in [0.2, 0.25) is 0 Å². The van der Waals surface area contributed by atoms with E-state index in [-0.39, 0.29) is 18.8 Å². The fraction of sp³-hybridized carbons (Fsp3) is 0.500. The molecule has 1 saturated heterocycles. The van der Waals surface area contributed by atoms with E-state index in [2.05, 4.69) is 4.90 Å². The summed E-state index contributed by atoms with van der Waals surface area (Å²) in [4.78, 5) is 13.3. The van der Waals surface area contributed by atoms with Gasteiger partial charge < -0.3 is 14.9 Å². The van der Waals surface area contributed by atoms with Gasteiger partial charge in [0.15, 0.2) is 0 Å². The van der Waals surface area contributed by atoms with Crippen molar-refractivity contribution in [1.29, 1.82) is 0 Å². The molecule has 2 atom stereocenters. The van der Waals surface area contributed by atoms with E-state index in [1.165, 1.54) is 0 Å². The van der Waals surface area contributed by atoms with Crippen LogP contribution in [0.2, 0.25) is 0 Å². The van der Waals surface area contributed by atoms with Crippen molar-refractivity contribution in [2.45, 2.75) is 25.7 Å². The van der Waals surface area contributed by atoms with Gasteiger partial charge in [0.25, 0.3) is 0 Å². The average Bonchev–Trinajstić information content (AvgIpc) is 2.38. The molecule has 2 rings (SSSR count). The van der Waals surface area contributed by atoms with Crippen molar-refractivity contribution in [2.75, 3.05) is 19.7 Å². The number of hydrogen-bond acceptors (Lipinski definition) is 4. The molecule has 2 unspecified atom stereocenters. The molecule has 19 heavy (non-hydrogen) atoms. The molecule has 0 spiro atoms. The topological polar surface area (TPSA) is 70.0 Å². The highest BCUT2D eigenvalue weighted by molar-refractivity contribution is 5.89. The van der Waals surface area contributed by atoms with E-state index in [0.717, 1.165) is 12.1 Å². The number of rotatable bonds is 4. The zero-order valence-electron chi connectivity index (χ0n) is 11.0. The fourth-order valence-electron chi connectivity index (χ4n) is 2.48. The van der Waals surface area contributed by atoms with Crippen LogP contribution in [-0.2, 0) is 11.3 Å². The third-order valence-corrected chi connectivity index (χ3v) is 3.25. The van der Waals surface area contributed by atoms with Gasteiger partial charge in [-0.05, 0) is 18.6 Å². The Balaban J connectivity index is 2.10. The molecule has 0 amide bonds. The Morgan fingerprint density at radius 3 is 2.84 bits per heavy atom. The minimum atomic E-state index is -0.907. The van der Waals surface area contributed by atoms with Gasteiger partial charge in [0, 0.05) is 19.6 Å². The molecule has 0 radical (unpaired) electrons. The van der Waals surface area contributed by atoms with Gasteiger partial charge >= 0.3 is 5.97 Å². The van der Waals surface area contributed by atoms with Crippen LogP contribution < -0.4 is 0 Å². The third-order valence-electron chi connectivity index (χ3n) is 3.25. The van der Waals surface area contributed by atoms with Crippen LogP contribution in [-0.4, -0.2) is 53.0 Å². The Morgan fingerprint density at radius 2 is 2.16 bits per heavy atom. The summed E-state index contributed by atoms with van der Waals surface area (Å²) < 4.78 is 5.57. The maximum atomic E-state index is 11.2. The number of hydrogen-bond donors (Lipinski definition) is 2. The molecular formula is C14H19NO4. The summed E-state index contributed by atoms with van der Waals surface area (Å²) >= 11 is 0. The predicted molar refractivity (Wildman–Crippen MR) is 70.1 cm³/mol. The quantitative estimate of drug-likeness (QED) is 0.849. The second-order valence-electron chi connectivity index (χ2n) is 4.91. The normalized spacial score (nSPS) is 24.3. The first kappa shape index (κ1) is 14.0. The van der Waals surface area contributed by atoms with E-state index >= 15 is 0 Å². The molecule has 1 fully saturated rings. The number of aliphatic hydroxyl groups excluding tert-OH is 1. The largest absolute Gasteiger partial charge is 0.478 e. The van der Waals surface area contributed by atoms with Gasteiger partial charge in [-0.3, -0.25) is 4.90 Å². The zero-order valence-corrected chi connectivity index (χ0v) is 11.0. The van der Waals surface area contributed by atoms with E-state index in [9.17, 15) is 9.90 Å². The monoisotopic (exact) mass is 265 g/mol. The second-order valence-corrected chi connectivity index (χ2v) is 4.91. The van der Waals surface area contributed by atoms with Crippen molar-refractivity contribution in [3.8, 4) is 0 Å². The van der Waals surface area contributed by atoms with Gasteiger partial charge in [-0.1, -0.05) is 18.2 Å². The average molecular weight is 265 g/mol. The molecule has 0 aromatic heterocycles. The van der Waals surface area contributed by atoms with Crippen LogP contribution in [0.3, 0.4) is 0 Å². The lowest BCUT2D eigenvalue weighted by Gasteiger charge is -2.36. The summed E-state index contributed by atoms with van der Waals surface area (Å²) in [6.45, 7) is 3.87. The van der Waals surface area contributed by atoms with Crippen LogP contribution in [0.5, 0.6) is 0 Å². The Bertz CT molecular complexity index is 449. The highest BCUT2D eigenvalue weighted by atomic mass is 16.5. The summed E-state index contributed by atoms with van der Waals surface area (Å²) in [5.74, 6) is -0.907. The van der Waals surface area contributed by atoms with E-state index in [1.807, 2.05) is 19.1 Å². The van der Waals surface area contributed by atoms with Crippen molar-refractivity contribution >= 4 is 5.97 Å². The number of carbonyl (C=O) groups is 1. The van der Waals surface area contributed by atoms with Crippen LogP contribution in [0.4, 0.5) is 0 Å². The van der Waals surface area contributed by atoms with E-state index in [0.29, 0.717) is 18.7 Å². The molecule has 1 aliphatic heterocycles. The Morgan fingerprint density at radius 1 is 1.42 bits per heavy atom. The smallest absolute Gasteiger partial charge is 0.336 e. The van der Waals surface area contributed by atoms with E-state index < -0.39 is 5.97 Å². The highest BCUT2D eigenvalue weighted by Gasteiger charge is 2.25. The molecule has 5 heteroatoms. The van der Waals surface area contributed by atoms with E-state index in [4.69, 9.17) is 9.84 Å². The third kappa shape index (κ3) is 3.53. The van der Waals surface area contributed by atoms with Crippen molar-refractivity contribution in [2.24, 2.45) is 0 Å². The lowest BCUT2D eigenvalue weighted by atomic mass is 10.1. The van der Waals surface area contributed by atoms with Crippen LogP contribution in [0.25, 0.3) is 0 Å². The van der Waals surface area contributed by atoms with Gasteiger partial charge in [-0.2, -0.15) is 0 Å². The summed E-state index contributed by atoms with van der Waals surface area (Å²) in [5, 5.41) is 18.4. The standard InChI is InChI=1S/C14H19NO4/c1-10-6-15(8-12(9-16)19-10)7-11-4-2-3-5-13(11)14(17)18/h2-5,10,12,16H,6-9H2,1H3,(H,17,18). The number of morpholine rings is 1. The molecule has 5 nitrogen and oxygen atoms in total. The fourth-order valence-corrected chi connectivity index (χ4v) is 2.48. The maximum Gasteiger partial charge on any atom is 0.336 e. The number of ether oxygens (including phenoxy) is 1. The first-order chi connectivity index (χ1) is 9.10. The molecule has 1 aliphatic rings. The number of aromatic carboxylic acids is 1. The summed E-state index contributed by atoms with van der Waals surface area (Å²) in [7, 11) is 0. The minimum Gasteiger partial charge on any atom is -0.478 e. The Hall–Kier alpha value is -1.43. The SMILES string of the molecule is CC1CN(Cc2ccccc2C(=O)O)CC(CO)O1. The number of aliphatic hydroxyl groups is 1. The highest BCUT2D eigenvalue weighted by Crippen LogP contribution is 2.17. The van der Waals surface area contributed by atoms with Gasteiger partial charge in [0.1, 0.15) is 0 Å². The molecule has 0 saturated carbocycles. The van der Waals surface area contributed by atoms with Crippen molar-refractivity contribution < 1.29 is 19.7 Å². The number of benzene rings is 1. The Kier molecular flexibility index (Phi) is 4.52.